The smallest absolute Gasteiger partial charge is 0.344 e. The van der Waals surface area contributed by atoms with Crippen LogP contribution in [0.3, 0.4) is 0 Å². The van der Waals surface area contributed by atoms with Gasteiger partial charge in [0.2, 0.25) is 5.91 Å². The molecular weight excluding hydrogens is 355 g/mol. The minimum Gasteiger partial charge on any atom is -0.344 e. The quantitative estimate of drug-likeness (QED) is 0.869. The van der Waals surface area contributed by atoms with Crippen LogP contribution in [0.25, 0.3) is 11.1 Å². The number of hydrogen-bond donors (Lipinski definition) is 1. The van der Waals surface area contributed by atoms with Gasteiger partial charge >= 0.3 is 6.18 Å². The van der Waals surface area contributed by atoms with Crippen LogP contribution in [0.4, 0.5) is 13.2 Å². The normalized spacial score (nSPS) is 25.6. The van der Waals surface area contributed by atoms with Crippen LogP contribution in [0.5, 0.6) is 0 Å². The first-order chi connectivity index (χ1) is 12.8. The van der Waals surface area contributed by atoms with Crippen LogP contribution in [0.1, 0.15) is 36.6 Å². The van der Waals surface area contributed by atoms with Crippen LogP contribution in [0.2, 0.25) is 0 Å². The second-order valence-electron chi connectivity index (χ2n) is 7.34. The summed E-state index contributed by atoms with van der Waals surface area (Å²) in [4.78, 5) is 18.6. The van der Waals surface area contributed by atoms with Crippen LogP contribution < -0.4 is 5.32 Å². The van der Waals surface area contributed by atoms with E-state index in [2.05, 4.69) is 10.3 Å². The Morgan fingerprint density at radius 1 is 1.19 bits per heavy atom. The molecule has 142 valence electrons. The molecule has 2 aliphatic heterocycles. The topological polar surface area (TPSA) is 45.2 Å². The van der Waals surface area contributed by atoms with Gasteiger partial charge in [-0.25, -0.2) is 0 Å². The number of benzene rings is 1. The van der Waals surface area contributed by atoms with Gasteiger partial charge in [-0.1, -0.05) is 12.1 Å². The average Bonchev–Trinajstić information content (AvgIpc) is 3.21. The molecule has 2 fully saturated rings. The summed E-state index contributed by atoms with van der Waals surface area (Å²) in [6.45, 7) is 0.732. The molecule has 4 rings (SSSR count). The molecule has 1 amide bonds. The molecule has 2 aliphatic rings. The van der Waals surface area contributed by atoms with E-state index >= 15 is 0 Å². The van der Waals surface area contributed by atoms with Crippen LogP contribution in [0, 0.1) is 0 Å². The highest BCUT2D eigenvalue weighted by Gasteiger charge is 2.50. The number of halogens is 3. The number of pyridine rings is 1. The van der Waals surface area contributed by atoms with Crippen molar-refractivity contribution in [1.82, 2.24) is 15.2 Å². The molecule has 27 heavy (non-hydrogen) atoms. The molecule has 2 aromatic rings. The standard InChI is InChI=1S/C20H20F3N3O/c1-26-10-8-19(18(26)27)7-5-16(25-19)17-12-14(6-9-24-17)13-3-2-4-15(11-13)20(21,22)23/h2-4,6,9,11-12,16,25H,5,7-8,10H2,1H3. The van der Waals surface area contributed by atoms with Crippen LogP contribution in [-0.2, 0) is 11.0 Å². The summed E-state index contributed by atoms with van der Waals surface area (Å²) in [6.07, 6.45) is -0.471. The summed E-state index contributed by atoms with van der Waals surface area (Å²) in [6, 6.07) is 8.73. The fraction of sp³-hybridized carbons (Fsp3) is 0.400. The van der Waals surface area contributed by atoms with Gasteiger partial charge in [0, 0.05) is 19.8 Å². The molecule has 0 bridgehead atoms. The number of carbonyl (C=O) groups is 1. The van der Waals surface area contributed by atoms with Gasteiger partial charge < -0.3 is 4.90 Å². The van der Waals surface area contributed by atoms with E-state index in [0.29, 0.717) is 11.1 Å². The summed E-state index contributed by atoms with van der Waals surface area (Å²) in [7, 11) is 1.80. The molecule has 2 unspecified atom stereocenters. The number of rotatable bonds is 2. The molecule has 7 heteroatoms. The molecular formula is C20H20F3N3O. The molecule has 0 radical (unpaired) electrons. The van der Waals surface area contributed by atoms with Crippen LogP contribution in [-0.4, -0.2) is 34.9 Å². The van der Waals surface area contributed by atoms with E-state index in [1.165, 1.54) is 6.07 Å². The summed E-state index contributed by atoms with van der Waals surface area (Å²) in [5.74, 6) is 0.110. The van der Waals surface area contributed by atoms with Crippen molar-refractivity contribution in [3.8, 4) is 11.1 Å². The van der Waals surface area contributed by atoms with Crippen LogP contribution >= 0.6 is 0 Å². The fourth-order valence-electron chi connectivity index (χ4n) is 4.08. The molecule has 0 aliphatic carbocycles. The Balaban J connectivity index is 1.60. The Morgan fingerprint density at radius 3 is 2.67 bits per heavy atom. The third-order valence-corrected chi connectivity index (χ3v) is 5.60. The molecule has 3 heterocycles. The van der Waals surface area contributed by atoms with Crippen molar-refractivity contribution in [2.75, 3.05) is 13.6 Å². The van der Waals surface area contributed by atoms with Gasteiger partial charge in [0.25, 0.3) is 0 Å². The monoisotopic (exact) mass is 375 g/mol. The largest absolute Gasteiger partial charge is 0.416 e. The van der Waals surface area contributed by atoms with E-state index in [1.54, 1.807) is 30.3 Å². The van der Waals surface area contributed by atoms with Crippen molar-refractivity contribution in [2.45, 2.75) is 37.0 Å². The van der Waals surface area contributed by atoms with E-state index in [0.717, 1.165) is 43.6 Å². The van der Waals surface area contributed by atoms with Crippen molar-refractivity contribution < 1.29 is 18.0 Å². The van der Waals surface area contributed by atoms with Gasteiger partial charge in [-0.15, -0.1) is 0 Å². The number of hydrogen-bond acceptors (Lipinski definition) is 3. The number of aromatic nitrogens is 1. The highest BCUT2D eigenvalue weighted by molar-refractivity contribution is 5.88. The Labute approximate surface area is 155 Å². The molecule has 1 N–H and O–H groups in total. The minimum absolute atomic E-state index is 0.0776. The van der Waals surface area contributed by atoms with Crippen LogP contribution in [0.15, 0.2) is 42.6 Å². The van der Waals surface area contributed by atoms with E-state index in [4.69, 9.17) is 0 Å². The Kier molecular flexibility index (Phi) is 4.22. The van der Waals surface area contributed by atoms with Crippen molar-refractivity contribution in [2.24, 2.45) is 0 Å². The third-order valence-electron chi connectivity index (χ3n) is 5.60. The van der Waals surface area contributed by atoms with Gasteiger partial charge in [-0.05, 0) is 54.7 Å². The molecule has 2 saturated heterocycles. The maximum atomic E-state index is 13.0. The number of nitrogens with one attached hydrogen (secondary N) is 1. The van der Waals surface area contributed by atoms with Crippen molar-refractivity contribution in [3.63, 3.8) is 0 Å². The molecule has 1 spiro atoms. The number of alkyl halides is 3. The lowest BCUT2D eigenvalue weighted by Crippen LogP contribution is -2.47. The third kappa shape index (κ3) is 3.20. The Hall–Kier alpha value is -2.41. The predicted octanol–water partition coefficient (Wildman–Crippen LogP) is 3.79. The average molecular weight is 375 g/mol. The van der Waals surface area contributed by atoms with Crippen molar-refractivity contribution in [3.05, 3.63) is 53.9 Å². The number of carbonyl (C=O) groups excluding carboxylic acids is 1. The molecule has 4 nitrogen and oxygen atoms in total. The van der Waals surface area contributed by atoms with E-state index < -0.39 is 17.3 Å². The Bertz CT molecular complexity index is 883. The second-order valence-corrected chi connectivity index (χ2v) is 7.34. The zero-order valence-electron chi connectivity index (χ0n) is 14.9. The lowest BCUT2D eigenvalue weighted by molar-refractivity contribution is -0.137. The fourth-order valence-corrected chi connectivity index (χ4v) is 4.08. The Morgan fingerprint density at radius 2 is 1.96 bits per heavy atom. The predicted molar refractivity (Wildman–Crippen MR) is 94.8 cm³/mol. The summed E-state index contributed by atoms with van der Waals surface area (Å²) in [5.41, 5.74) is 0.745. The number of amides is 1. The lowest BCUT2D eigenvalue weighted by atomic mass is 9.96. The van der Waals surface area contributed by atoms with E-state index in [-0.39, 0.29) is 11.9 Å². The van der Waals surface area contributed by atoms with Gasteiger partial charge in [0.05, 0.1) is 17.3 Å². The van der Waals surface area contributed by atoms with Crippen molar-refractivity contribution in [1.29, 1.82) is 0 Å². The zero-order valence-corrected chi connectivity index (χ0v) is 14.9. The first-order valence-corrected chi connectivity index (χ1v) is 8.95. The first-order valence-electron chi connectivity index (χ1n) is 8.95. The summed E-state index contributed by atoms with van der Waals surface area (Å²) in [5, 5.41) is 3.44. The zero-order chi connectivity index (χ0) is 19.2. The SMILES string of the molecule is CN1CCC2(CCC(c3cc(-c4cccc(C(F)(F)F)c4)ccn3)N2)C1=O. The lowest BCUT2D eigenvalue weighted by Gasteiger charge is -2.23. The van der Waals surface area contributed by atoms with Gasteiger partial charge in [0.1, 0.15) is 5.54 Å². The minimum atomic E-state index is -4.37. The van der Waals surface area contributed by atoms with E-state index in [1.807, 2.05) is 6.07 Å². The number of likely N-dealkylation sites (tertiary alicyclic amines) is 1. The molecule has 2 atom stereocenters. The maximum Gasteiger partial charge on any atom is 0.416 e. The molecule has 1 aromatic heterocycles. The number of nitrogens with zero attached hydrogens (tertiary/aromatic N) is 2. The van der Waals surface area contributed by atoms with E-state index in [9.17, 15) is 18.0 Å². The molecule has 0 saturated carbocycles. The molecule has 1 aromatic carbocycles. The van der Waals surface area contributed by atoms with Crippen molar-refractivity contribution >= 4 is 5.91 Å². The van der Waals surface area contributed by atoms with Gasteiger partial charge in [-0.3, -0.25) is 15.1 Å². The maximum absolute atomic E-state index is 13.0. The highest BCUT2D eigenvalue weighted by Crippen LogP contribution is 2.39. The van der Waals surface area contributed by atoms with Gasteiger partial charge in [-0.2, -0.15) is 13.2 Å². The summed E-state index contributed by atoms with van der Waals surface area (Å²) < 4.78 is 39.0. The summed E-state index contributed by atoms with van der Waals surface area (Å²) >= 11 is 0. The highest BCUT2D eigenvalue weighted by atomic mass is 19.4. The second kappa shape index (κ2) is 6.34. The van der Waals surface area contributed by atoms with Gasteiger partial charge in [0.15, 0.2) is 0 Å². The first kappa shape index (κ1) is 18.0. The number of likely N-dealkylation sites (N-methyl/N-ethyl adjacent to an activating group) is 1.